The number of aromatic nitrogens is 1. The number of methoxy groups -OCH3 is 1. The minimum Gasteiger partial charge on any atom is -0.383 e. The van der Waals surface area contributed by atoms with E-state index in [0.29, 0.717) is 19.7 Å². The van der Waals surface area contributed by atoms with Crippen molar-refractivity contribution in [2.24, 2.45) is 0 Å². The molecule has 0 aliphatic rings. The highest BCUT2D eigenvalue weighted by atomic mass is 35.5. The molecule has 1 aromatic carbocycles. The summed E-state index contributed by atoms with van der Waals surface area (Å²) < 4.78 is 5.08. The Hall–Kier alpha value is -1.62. The molecule has 1 amide bonds. The normalized spacial score (nSPS) is 10.5. The fourth-order valence-electron chi connectivity index (χ4n) is 1.98. The van der Waals surface area contributed by atoms with Crippen LogP contribution >= 0.6 is 23.2 Å². The molecule has 116 valence electrons. The highest BCUT2D eigenvalue weighted by Gasteiger charge is 2.20. The fourth-order valence-corrected chi connectivity index (χ4v) is 2.31. The van der Waals surface area contributed by atoms with Crippen LogP contribution in [0.15, 0.2) is 42.5 Å². The van der Waals surface area contributed by atoms with Gasteiger partial charge in [-0.3, -0.25) is 4.79 Å². The molecule has 0 radical (unpaired) electrons. The van der Waals surface area contributed by atoms with E-state index in [1.165, 1.54) is 0 Å². The predicted molar refractivity (Wildman–Crippen MR) is 87.3 cm³/mol. The molecular weight excluding hydrogens is 323 g/mol. The van der Waals surface area contributed by atoms with Crippen molar-refractivity contribution in [2.45, 2.75) is 6.54 Å². The third kappa shape index (κ3) is 4.44. The second-order valence-electron chi connectivity index (χ2n) is 4.67. The molecule has 6 heteroatoms. The number of hydrogen-bond donors (Lipinski definition) is 0. The molecule has 0 unspecified atom stereocenters. The van der Waals surface area contributed by atoms with Crippen molar-refractivity contribution in [1.82, 2.24) is 9.88 Å². The minimum absolute atomic E-state index is 0.154. The van der Waals surface area contributed by atoms with Crippen molar-refractivity contribution >= 4 is 29.1 Å². The smallest absolute Gasteiger partial charge is 0.274 e. The summed E-state index contributed by atoms with van der Waals surface area (Å²) in [6, 6.07) is 12.8. The molecule has 0 saturated heterocycles. The first-order valence-corrected chi connectivity index (χ1v) is 7.51. The van der Waals surface area contributed by atoms with Crippen molar-refractivity contribution in [3.05, 3.63) is 63.9 Å². The summed E-state index contributed by atoms with van der Waals surface area (Å²) in [7, 11) is 1.59. The Morgan fingerprint density at radius 1 is 1.18 bits per heavy atom. The first kappa shape index (κ1) is 16.7. The number of carbonyl (C=O) groups excluding carboxylic acids is 1. The van der Waals surface area contributed by atoms with Gasteiger partial charge in [0.05, 0.1) is 11.6 Å². The van der Waals surface area contributed by atoms with Gasteiger partial charge in [0, 0.05) is 20.2 Å². The lowest BCUT2D eigenvalue weighted by molar-refractivity contribution is 0.0675. The molecule has 0 fully saturated rings. The van der Waals surface area contributed by atoms with Gasteiger partial charge < -0.3 is 9.64 Å². The Kier molecular flexibility index (Phi) is 6.19. The van der Waals surface area contributed by atoms with Gasteiger partial charge in [-0.1, -0.05) is 53.5 Å². The molecule has 1 heterocycles. The zero-order chi connectivity index (χ0) is 15.9. The van der Waals surface area contributed by atoms with E-state index in [2.05, 4.69) is 4.98 Å². The lowest BCUT2D eigenvalue weighted by Crippen LogP contribution is -2.34. The second kappa shape index (κ2) is 8.13. The van der Waals surface area contributed by atoms with E-state index in [1.807, 2.05) is 30.3 Å². The number of amides is 1. The van der Waals surface area contributed by atoms with Crippen LogP contribution in [0.3, 0.4) is 0 Å². The molecule has 1 aromatic heterocycles. The lowest BCUT2D eigenvalue weighted by Gasteiger charge is -2.22. The number of halogens is 2. The predicted octanol–water partition coefficient (Wildman–Crippen LogP) is 3.68. The molecule has 0 N–H and O–H groups in total. The van der Waals surface area contributed by atoms with Crippen LogP contribution in [0.2, 0.25) is 10.2 Å². The summed E-state index contributed by atoms with van der Waals surface area (Å²) in [5, 5.41) is 0.518. The zero-order valence-corrected chi connectivity index (χ0v) is 13.6. The fraction of sp³-hybridized carbons (Fsp3) is 0.250. The van der Waals surface area contributed by atoms with E-state index in [-0.39, 0.29) is 21.8 Å². The Bertz CT molecular complexity index is 635. The molecule has 22 heavy (non-hydrogen) atoms. The maximum absolute atomic E-state index is 12.7. The van der Waals surface area contributed by atoms with Crippen LogP contribution in [0, 0.1) is 0 Å². The van der Waals surface area contributed by atoms with Gasteiger partial charge in [0.2, 0.25) is 0 Å². The summed E-state index contributed by atoms with van der Waals surface area (Å²) >= 11 is 11.9. The Morgan fingerprint density at radius 2 is 1.91 bits per heavy atom. The van der Waals surface area contributed by atoms with E-state index >= 15 is 0 Å². The third-order valence-corrected chi connectivity index (χ3v) is 3.60. The molecule has 0 aliphatic carbocycles. The lowest BCUT2D eigenvalue weighted by atomic mass is 10.2. The van der Waals surface area contributed by atoms with Crippen LogP contribution in [0.1, 0.15) is 16.1 Å². The van der Waals surface area contributed by atoms with E-state index in [4.69, 9.17) is 27.9 Å². The number of rotatable bonds is 6. The Balaban J connectivity index is 2.24. The largest absolute Gasteiger partial charge is 0.383 e. The van der Waals surface area contributed by atoms with Gasteiger partial charge in [0.25, 0.3) is 5.91 Å². The van der Waals surface area contributed by atoms with Crippen molar-refractivity contribution in [3.8, 4) is 0 Å². The van der Waals surface area contributed by atoms with E-state index in [9.17, 15) is 4.79 Å². The topological polar surface area (TPSA) is 42.4 Å². The quantitative estimate of drug-likeness (QED) is 0.754. The zero-order valence-electron chi connectivity index (χ0n) is 12.1. The highest BCUT2D eigenvalue weighted by Crippen LogP contribution is 2.19. The number of hydrogen-bond acceptors (Lipinski definition) is 3. The molecule has 0 atom stereocenters. The van der Waals surface area contributed by atoms with Crippen molar-refractivity contribution < 1.29 is 9.53 Å². The van der Waals surface area contributed by atoms with Crippen molar-refractivity contribution in [1.29, 1.82) is 0 Å². The summed E-state index contributed by atoms with van der Waals surface area (Å²) in [6.07, 6.45) is 0. The number of nitrogens with zero attached hydrogens (tertiary/aromatic N) is 2. The monoisotopic (exact) mass is 338 g/mol. The van der Waals surface area contributed by atoms with Crippen LogP contribution in [0.4, 0.5) is 0 Å². The minimum atomic E-state index is -0.270. The molecule has 0 spiro atoms. The first-order valence-electron chi connectivity index (χ1n) is 6.76. The van der Waals surface area contributed by atoms with Gasteiger partial charge in [0.15, 0.2) is 0 Å². The van der Waals surface area contributed by atoms with Crippen LogP contribution in [0.25, 0.3) is 0 Å². The maximum atomic E-state index is 12.7. The Labute approximate surface area is 139 Å². The van der Waals surface area contributed by atoms with Crippen molar-refractivity contribution in [2.75, 3.05) is 20.3 Å². The summed E-state index contributed by atoms with van der Waals surface area (Å²) in [5.74, 6) is -0.270. The van der Waals surface area contributed by atoms with Gasteiger partial charge in [-0.2, -0.15) is 0 Å². The molecule has 4 nitrogen and oxygen atoms in total. The summed E-state index contributed by atoms with van der Waals surface area (Å²) in [4.78, 5) is 18.4. The molecule has 2 rings (SSSR count). The van der Waals surface area contributed by atoms with Gasteiger partial charge >= 0.3 is 0 Å². The summed E-state index contributed by atoms with van der Waals surface area (Å²) in [5.41, 5.74) is 1.17. The van der Waals surface area contributed by atoms with Gasteiger partial charge in [0.1, 0.15) is 10.8 Å². The number of ether oxygens (including phenoxy) is 1. The average Bonchev–Trinajstić information content (AvgIpc) is 2.54. The average molecular weight is 339 g/mol. The second-order valence-corrected chi connectivity index (χ2v) is 5.46. The third-order valence-electron chi connectivity index (χ3n) is 3.08. The Morgan fingerprint density at radius 3 is 2.59 bits per heavy atom. The SMILES string of the molecule is COCCN(Cc1ccccc1)C(=O)c1nc(Cl)ccc1Cl. The molecule has 0 aliphatic heterocycles. The maximum Gasteiger partial charge on any atom is 0.274 e. The molecular formula is C16H16Cl2N2O2. The van der Waals surface area contributed by atoms with Gasteiger partial charge in [-0.05, 0) is 17.7 Å². The van der Waals surface area contributed by atoms with E-state index in [1.54, 1.807) is 24.1 Å². The highest BCUT2D eigenvalue weighted by molar-refractivity contribution is 6.34. The van der Waals surface area contributed by atoms with Crippen molar-refractivity contribution in [3.63, 3.8) is 0 Å². The molecule has 0 bridgehead atoms. The van der Waals surface area contributed by atoms with E-state index in [0.717, 1.165) is 5.56 Å². The van der Waals surface area contributed by atoms with Crippen LogP contribution in [0.5, 0.6) is 0 Å². The van der Waals surface area contributed by atoms with Gasteiger partial charge in [-0.15, -0.1) is 0 Å². The van der Waals surface area contributed by atoms with E-state index < -0.39 is 0 Å². The van der Waals surface area contributed by atoms with Crippen LogP contribution < -0.4 is 0 Å². The standard InChI is InChI=1S/C16H16Cl2N2O2/c1-22-10-9-20(11-12-5-3-2-4-6-12)16(21)15-13(17)7-8-14(18)19-15/h2-8H,9-11H2,1H3. The first-order chi connectivity index (χ1) is 10.6. The summed E-state index contributed by atoms with van der Waals surface area (Å²) in [6.45, 7) is 1.32. The number of pyridine rings is 1. The molecule has 2 aromatic rings. The number of benzene rings is 1. The van der Waals surface area contributed by atoms with Crippen LogP contribution in [-0.2, 0) is 11.3 Å². The van der Waals surface area contributed by atoms with Crippen LogP contribution in [-0.4, -0.2) is 36.1 Å². The number of carbonyl (C=O) groups is 1. The van der Waals surface area contributed by atoms with Gasteiger partial charge in [-0.25, -0.2) is 4.98 Å². The molecule has 0 saturated carbocycles.